The van der Waals surface area contributed by atoms with Crippen molar-refractivity contribution in [2.75, 3.05) is 7.11 Å². The maximum absolute atomic E-state index is 12.9. The normalized spacial score (nSPS) is 10.9. The lowest BCUT2D eigenvalue weighted by Gasteiger charge is -2.10. The molecule has 0 saturated heterocycles. The van der Waals surface area contributed by atoms with E-state index >= 15 is 0 Å². The average Bonchev–Trinajstić information content (AvgIpc) is 3.39. The summed E-state index contributed by atoms with van der Waals surface area (Å²) in [6.07, 6.45) is 7.79. The van der Waals surface area contributed by atoms with Gasteiger partial charge in [0.2, 0.25) is 0 Å². The van der Waals surface area contributed by atoms with Crippen LogP contribution in [-0.2, 0) is 6.54 Å². The zero-order chi connectivity index (χ0) is 19.5. The van der Waals surface area contributed by atoms with Gasteiger partial charge < -0.3 is 4.74 Å². The summed E-state index contributed by atoms with van der Waals surface area (Å²) in [6, 6.07) is 11.4. The minimum Gasteiger partial charge on any atom is -0.491 e. The van der Waals surface area contributed by atoms with Gasteiger partial charge in [0.15, 0.2) is 11.4 Å². The Morgan fingerprint density at radius 3 is 2.61 bits per heavy atom. The lowest BCUT2D eigenvalue weighted by atomic mass is 10.2. The van der Waals surface area contributed by atoms with E-state index in [2.05, 4.69) is 22.2 Å². The lowest BCUT2D eigenvalue weighted by Crippen LogP contribution is -2.17. The van der Waals surface area contributed by atoms with Crippen molar-refractivity contribution in [2.24, 2.45) is 0 Å². The van der Waals surface area contributed by atoms with Gasteiger partial charge in [0, 0.05) is 6.54 Å². The highest BCUT2D eigenvalue weighted by molar-refractivity contribution is 5.59. The number of aryl methyl sites for hydroxylation is 1. The number of benzene rings is 1. The van der Waals surface area contributed by atoms with Crippen LogP contribution in [-0.4, -0.2) is 36.5 Å². The highest BCUT2D eigenvalue weighted by Gasteiger charge is 2.18. The first-order valence-electron chi connectivity index (χ1n) is 9.02. The van der Waals surface area contributed by atoms with Gasteiger partial charge in [0.25, 0.3) is 5.43 Å². The van der Waals surface area contributed by atoms with Crippen LogP contribution in [0.15, 0.2) is 66.0 Å². The summed E-state index contributed by atoms with van der Waals surface area (Å²) in [5.74, 6) is 0.203. The molecule has 4 rings (SSSR count). The number of rotatable bonds is 6. The van der Waals surface area contributed by atoms with Crippen LogP contribution in [0.25, 0.3) is 22.8 Å². The van der Waals surface area contributed by atoms with Crippen molar-refractivity contribution >= 4 is 0 Å². The van der Waals surface area contributed by atoms with E-state index in [0.29, 0.717) is 5.69 Å². The second-order valence-corrected chi connectivity index (χ2v) is 6.25. The second kappa shape index (κ2) is 7.51. The van der Waals surface area contributed by atoms with Gasteiger partial charge >= 0.3 is 0 Å². The van der Waals surface area contributed by atoms with E-state index in [1.54, 1.807) is 34.0 Å². The van der Waals surface area contributed by atoms with Gasteiger partial charge in [-0.2, -0.15) is 15.3 Å². The maximum Gasteiger partial charge on any atom is 0.251 e. The first kappa shape index (κ1) is 17.7. The van der Waals surface area contributed by atoms with Gasteiger partial charge in [-0.1, -0.05) is 25.1 Å². The largest absolute Gasteiger partial charge is 0.491 e. The summed E-state index contributed by atoms with van der Waals surface area (Å²) in [4.78, 5) is 12.9. The molecule has 0 unspecified atom stereocenters. The summed E-state index contributed by atoms with van der Waals surface area (Å²) >= 11 is 0. The molecular weight excluding hydrogens is 356 g/mol. The number of aromatic nitrogens is 6. The molecule has 0 saturated carbocycles. The van der Waals surface area contributed by atoms with E-state index in [9.17, 15) is 4.79 Å². The van der Waals surface area contributed by atoms with E-state index in [1.807, 2.05) is 41.2 Å². The van der Waals surface area contributed by atoms with Crippen LogP contribution in [0, 0.1) is 0 Å². The molecule has 1 aromatic carbocycles. The van der Waals surface area contributed by atoms with Crippen LogP contribution in [0.5, 0.6) is 5.75 Å². The van der Waals surface area contributed by atoms with Gasteiger partial charge in [-0.15, -0.1) is 0 Å². The van der Waals surface area contributed by atoms with Crippen LogP contribution in [0.1, 0.15) is 13.3 Å². The first-order valence-corrected chi connectivity index (χ1v) is 9.02. The first-order chi connectivity index (χ1) is 13.7. The van der Waals surface area contributed by atoms with E-state index in [1.165, 1.54) is 7.11 Å². The molecule has 0 aliphatic rings. The summed E-state index contributed by atoms with van der Waals surface area (Å²) in [5, 5.41) is 13.3. The predicted molar refractivity (Wildman–Crippen MR) is 105 cm³/mol. The quantitative estimate of drug-likeness (QED) is 0.517. The molecule has 0 fully saturated rings. The molecule has 0 aliphatic carbocycles. The van der Waals surface area contributed by atoms with Crippen molar-refractivity contribution in [3.05, 3.63) is 71.4 Å². The summed E-state index contributed by atoms with van der Waals surface area (Å²) in [5.41, 5.74) is 2.14. The third-order valence-electron chi connectivity index (χ3n) is 4.33. The van der Waals surface area contributed by atoms with Crippen LogP contribution in [0.3, 0.4) is 0 Å². The molecule has 8 nitrogen and oxygen atoms in total. The maximum atomic E-state index is 12.9. The Morgan fingerprint density at radius 1 is 1.04 bits per heavy atom. The SMILES string of the molecule is CCCn1cc(-n2cc(OC)c(=O)c(-c3ccnn3-c3ccccc3)n2)cn1. The van der Waals surface area contributed by atoms with E-state index in [-0.39, 0.29) is 16.9 Å². The summed E-state index contributed by atoms with van der Waals surface area (Å²) in [6.45, 7) is 2.90. The minimum absolute atomic E-state index is 0.203. The van der Waals surface area contributed by atoms with E-state index in [4.69, 9.17) is 4.74 Å². The van der Waals surface area contributed by atoms with Gasteiger partial charge in [0.05, 0.1) is 43.3 Å². The molecule has 0 bridgehead atoms. The Labute approximate surface area is 161 Å². The zero-order valence-electron chi connectivity index (χ0n) is 15.7. The third kappa shape index (κ3) is 3.20. The standard InChI is InChI=1S/C20H20N6O2/c1-3-11-24-13-16(12-22-24)25-14-18(28-2)20(27)19(23-25)17-9-10-21-26(17)15-7-5-4-6-8-15/h4-10,12-14H,3,11H2,1-2H3. The average molecular weight is 376 g/mol. The molecule has 0 atom stereocenters. The van der Waals surface area contributed by atoms with E-state index < -0.39 is 0 Å². The highest BCUT2D eigenvalue weighted by atomic mass is 16.5. The monoisotopic (exact) mass is 376 g/mol. The molecule has 142 valence electrons. The molecule has 3 aromatic heterocycles. The Kier molecular flexibility index (Phi) is 4.76. The Balaban J connectivity index is 1.86. The van der Waals surface area contributed by atoms with Crippen LogP contribution in [0.2, 0.25) is 0 Å². The van der Waals surface area contributed by atoms with Crippen molar-refractivity contribution in [3.8, 4) is 28.5 Å². The van der Waals surface area contributed by atoms with Gasteiger partial charge in [0.1, 0.15) is 5.69 Å². The lowest BCUT2D eigenvalue weighted by molar-refractivity contribution is 0.405. The molecule has 8 heteroatoms. The number of nitrogens with zero attached hydrogens (tertiary/aromatic N) is 6. The number of para-hydroxylation sites is 1. The minimum atomic E-state index is -0.294. The third-order valence-corrected chi connectivity index (χ3v) is 4.33. The van der Waals surface area contributed by atoms with Crippen molar-refractivity contribution in [1.82, 2.24) is 29.3 Å². The zero-order valence-corrected chi connectivity index (χ0v) is 15.7. The fourth-order valence-electron chi connectivity index (χ4n) is 2.99. The van der Waals surface area contributed by atoms with Gasteiger partial charge in [-0.05, 0) is 24.6 Å². The molecule has 0 radical (unpaired) electrons. The van der Waals surface area contributed by atoms with Crippen LogP contribution < -0.4 is 10.2 Å². The molecule has 28 heavy (non-hydrogen) atoms. The van der Waals surface area contributed by atoms with E-state index in [0.717, 1.165) is 24.3 Å². The smallest absolute Gasteiger partial charge is 0.251 e. The Morgan fingerprint density at radius 2 is 1.86 bits per heavy atom. The van der Waals surface area contributed by atoms with Crippen molar-refractivity contribution in [3.63, 3.8) is 0 Å². The number of methoxy groups -OCH3 is 1. The van der Waals surface area contributed by atoms with Crippen molar-refractivity contribution in [1.29, 1.82) is 0 Å². The van der Waals surface area contributed by atoms with Crippen molar-refractivity contribution < 1.29 is 4.74 Å². The van der Waals surface area contributed by atoms with Gasteiger partial charge in [-0.3, -0.25) is 9.48 Å². The predicted octanol–water partition coefficient (Wildman–Crippen LogP) is 2.70. The Bertz CT molecular complexity index is 1140. The summed E-state index contributed by atoms with van der Waals surface area (Å²) in [7, 11) is 1.47. The fraction of sp³-hybridized carbons (Fsp3) is 0.200. The summed E-state index contributed by atoms with van der Waals surface area (Å²) < 4.78 is 10.5. The molecule has 3 heterocycles. The second-order valence-electron chi connectivity index (χ2n) is 6.25. The van der Waals surface area contributed by atoms with Gasteiger partial charge in [-0.25, -0.2) is 9.36 Å². The number of ether oxygens (including phenoxy) is 1. The van der Waals surface area contributed by atoms with Crippen molar-refractivity contribution in [2.45, 2.75) is 19.9 Å². The van der Waals surface area contributed by atoms with Crippen LogP contribution >= 0.6 is 0 Å². The highest BCUT2D eigenvalue weighted by Crippen LogP contribution is 2.20. The molecular formula is C20H20N6O2. The Hall–Kier alpha value is -3.68. The molecule has 4 aromatic rings. The van der Waals surface area contributed by atoms with Crippen LogP contribution in [0.4, 0.5) is 0 Å². The molecule has 0 spiro atoms. The molecule has 0 N–H and O–H groups in total. The number of hydrogen-bond acceptors (Lipinski definition) is 5. The molecule has 0 aliphatic heterocycles. The fourth-order valence-corrected chi connectivity index (χ4v) is 2.99. The number of hydrogen-bond donors (Lipinski definition) is 0. The topological polar surface area (TPSA) is 79.8 Å². The molecule has 0 amide bonds.